The molecule has 0 spiro atoms. The van der Waals surface area contributed by atoms with Crippen molar-refractivity contribution in [3.8, 4) is 5.75 Å². The molecule has 0 saturated heterocycles. The molecule has 0 atom stereocenters. The van der Waals surface area contributed by atoms with Crippen LogP contribution >= 0.6 is 0 Å². The van der Waals surface area contributed by atoms with E-state index in [0.717, 1.165) is 0 Å². The highest BCUT2D eigenvalue weighted by Gasteiger charge is 2.42. The van der Waals surface area contributed by atoms with Crippen LogP contribution in [0.4, 0.5) is 38.0 Å². The predicted octanol–water partition coefficient (Wildman–Crippen LogP) is 2.05. The first-order valence-corrected chi connectivity index (χ1v) is 7.42. The van der Waals surface area contributed by atoms with Crippen LogP contribution in [-0.2, 0) is 12.4 Å². The standard InChI is InChI=1S/C15H13F6N5O/c1-2-27-9-5-3-8(4-6-9)23-12(22)26-13-24-10(14(16,17)18)7-11(25-13)15(19,20)21/h3-7H,2H2,1H3,(H3,22,23,24,25,26)/p+1. The summed E-state index contributed by atoms with van der Waals surface area (Å²) in [5.41, 5.74) is 2.48. The largest absolute Gasteiger partial charge is 0.494 e. The lowest BCUT2D eigenvalue weighted by atomic mass is 10.3. The molecule has 12 heteroatoms. The fraction of sp³-hybridized carbons (Fsp3) is 0.267. The number of nitrogens with zero attached hydrogens (tertiary/aromatic N) is 2. The molecule has 0 aliphatic heterocycles. The van der Waals surface area contributed by atoms with Crippen molar-refractivity contribution in [3.05, 3.63) is 41.7 Å². The summed E-state index contributed by atoms with van der Waals surface area (Å²) in [6.07, 6.45) is -10.2. The second-order valence-electron chi connectivity index (χ2n) is 5.08. The Morgan fingerprint density at radius 2 is 1.56 bits per heavy atom. The van der Waals surface area contributed by atoms with Crippen LogP contribution in [0.15, 0.2) is 30.3 Å². The van der Waals surface area contributed by atoms with Gasteiger partial charge in [0.15, 0.2) is 11.4 Å². The van der Waals surface area contributed by atoms with Crippen LogP contribution in [0.3, 0.4) is 0 Å². The molecule has 1 aromatic carbocycles. The van der Waals surface area contributed by atoms with E-state index in [1.807, 2.05) is 0 Å². The monoisotopic (exact) mass is 394 g/mol. The Morgan fingerprint density at radius 1 is 1.04 bits per heavy atom. The molecular formula is C15H14F6N5O+. The topological polar surface area (TPSA) is 87.0 Å². The van der Waals surface area contributed by atoms with Crippen LogP contribution in [0.1, 0.15) is 18.3 Å². The Hall–Kier alpha value is -3.05. The molecule has 146 valence electrons. The Kier molecular flexibility index (Phi) is 5.76. The number of hydrogen-bond donors (Lipinski definition) is 3. The van der Waals surface area contributed by atoms with Crippen LogP contribution in [0.2, 0.25) is 0 Å². The van der Waals surface area contributed by atoms with E-state index < -0.39 is 29.7 Å². The lowest BCUT2D eigenvalue weighted by molar-refractivity contribution is -0.366. The lowest BCUT2D eigenvalue weighted by Gasteiger charge is -2.08. The number of rotatable bonds is 4. The first-order chi connectivity index (χ1) is 12.5. The van der Waals surface area contributed by atoms with Gasteiger partial charge in [0.05, 0.1) is 12.3 Å². The number of alkyl halides is 6. The summed E-state index contributed by atoms with van der Waals surface area (Å²) in [5.74, 6) is -0.745. The summed E-state index contributed by atoms with van der Waals surface area (Å²) in [6, 6.07) is 6.12. The van der Waals surface area contributed by atoms with Crippen molar-refractivity contribution in [1.82, 2.24) is 9.97 Å². The summed E-state index contributed by atoms with van der Waals surface area (Å²) in [4.78, 5) is 8.15. The quantitative estimate of drug-likeness (QED) is 0.420. The molecule has 2 aromatic rings. The van der Waals surface area contributed by atoms with Crippen LogP contribution < -0.4 is 20.8 Å². The average Bonchev–Trinajstić information content (AvgIpc) is 2.55. The number of nitrogens with two attached hydrogens (primary N) is 1. The summed E-state index contributed by atoms with van der Waals surface area (Å²) in [5, 5.41) is 2.56. The summed E-state index contributed by atoms with van der Waals surface area (Å²) >= 11 is 0. The van der Waals surface area contributed by atoms with Gasteiger partial charge >= 0.3 is 18.3 Å². The number of ether oxygens (including phenoxy) is 1. The minimum absolute atomic E-state index is 0.179. The molecule has 0 bridgehead atoms. The number of guanidine groups is 1. The summed E-state index contributed by atoms with van der Waals surface area (Å²) in [7, 11) is 0. The maximum absolute atomic E-state index is 12.8. The zero-order chi connectivity index (χ0) is 20.2. The molecule has 0 amide bonds. The summed E-state index contributed by atoms with van der Waals surface area (Å²) < 4.78 is 81.9. The van der Waals surface area contributed by atoms with E-state index in [1.165, 1.54) is 0 Å². The second-order valence-corrected chi connectivity index (χ2v) is 5.08. The zero-order valence-corrected chi connectivity index (χ0v) is 13.7. The minimum atomic E-state index is -5.09. The minimum Gasteiger partial charge on any atom is -0.494 e. The van der Waals surface area contributed by atoms with Gasteiger partial charge in [-0.05, 0) is 31.2 Å². The molecule has 2 rings (SSSR count). The van der Waals surface area contributed by atoms with Gasteiger partial charge in [-0.3, -0.25) is 5.32 Å². The zero-order valence-electron chi connectivity index (χ0n) is 13.7. The first-order valence-electron chi connectivity index (χ1n) is 7.42. The molecule has 4 N–H and O–H groups in total. The number of nitrogens with one attached hydrogen (secondary N) is 2. The van der Waals surface area contributed by atoms with E-state index in [0.29, 0.717) is 18.0 Å². The maximum atomic E-state index is 12.8. The third kappa shape index (κ3) is 5.72. The fourth-order valence-corrected chi connectivity index (χ4v) is 1.90. The Bertz CT molecular complexity index is 785. The molecule has 0 fully saturated rings. The van der Waals surface area contributed by atoms with Crippen molar-refractivity contribution in [1.29, 1.82) is 0 Å². The molecule has 6 nitrogen and oxygen atoms in total. The number of aromatic nitrogens is 2. The Labute approximate surface area is 149 Å². The third-order valence-electron chi connectivity index (χ3n) is 3.00. The van der Waals surface area contributed by atoms with E-state index in [2.05, 4.69) is 20.3 Å². The smallest absolute Gasteiger partial charge is 0.443 e. The van der Waals surface area contributed by atoms with E-state index in [4.69, 9.17) is 10.5 Å². The molecule has 1 heterocycles. The summed E-state index contributed by atoms with van der Waals surface area (Å²) in [6.45, 7) is 2.25. The highest BCUT2D eigenvalue weighted by atomic mass is 19.4. The highest BCUT2D eigenvalue weighted by Crippen LogP contribution is 2.33. The third-order valence-corrected chi connectivity index (χ3v) is 3.00. The van der Waals surface area contributed by atoms with Crippen molar-refractivity contribution in [3.63, 3.8) is 0 Å². The molecule has 0 aliphatic rings. The van der Waals surface area contributed by atoms with Gasteiger partial charge < -0.3 is 10.5 Å². The van der Waals surface area contributed by atoms with Gasteiger partial charge in [-0.1, -0.05) is 0 Å². The number of halogens is 6. The van der Waals surface area contributed by atoms with Crippen molar-refractivity contribution in [2.75, 3.05) is 11.9 Å². The van der Waals surface area contributed by atoms with Gasteiger partial charge in [-0.2, -0.15) is 26.3 Å². The number of benzene rings is 1. The SMILES string of the molecule is CCOc1ccc(NC(N)=[NH+]c2nc(C(F)(F)F)cc(C(F)(F)F)n2)cc1. The van der Waals surface area contributed by atoms with Gasteiger partial charge in [-0.25, -0.2) is 4.99 Å². The number of hydrogen-bond acceptors (Lipinski definition) is 3. The highest BCUT2D eigenvalue weighted by molar-refractivity contribution is 5.88. The van der Waals surface area contributed by atoms with Gasteiger partial charge in [-0.15, -0.1) is 9.97 Å². The van der Waals surface area contributed by atoms with Gasteiger partial charge in [0.25, 0.3) is 5.96 Å². The maximum Gasteiger partial charge on any atom is 0.443 e. The van der Waals surface area contributed by atoms with Crippen LogP contribution in [0.5, 0.6) is 5.75 Å². The van der Waals surface area contributed by atoms with Crippen molar-refractivity contribution < 1.29 is 36.1 Å². The Balaban J connectivity index is 2.30. The first kappa shape index (κ1) is 20.3. The lowest BCUT2D eigenvalue weighted by Crippen LogP contribution is -2.72. The number of anilines is 1. The second kappa shape index (κ2) is 7.68. The van der Waals surface area contributed by atoms with E-state index in [-0.39, 0.29) is 12.0 Å². The van der Waals surface area contributed by atoms with Crippen molar-refractivity contribution in [2.45, 2.75) is 19.3 Å². The molecule has 1 aromatic heterocycles. The predicted molar refractivity (Wildman–Crippen MR) is 83.1 cm³/mol. The average molecular weight is 394 g/mol. The van der Waals surface area contributed by atoms with E-state index in [1.54, 1.807) is 31.2 Å². The van der Waals surface area contributed by atoms with E-state index >= 15 is 0 Å². The molecule has 0 radical (unpaired) electrons. The van der Waals surface area contributed by atoms with Gasteiger partial charge in [0, 0.05) is 6.07 Å². The van der Waals surface area contributed by atoms with Gasteiger partial charge in [0.2, 0.25) is 0 Å². The van der Waals surface area contributed by atoms with Crippen molar-refractivity contribution >= 4 is 17.6 Å². The fourth-order valence-electron chi connectivity index (χ4n) is 1.90. The molecule has 0 unspecified atom stereocenters. The molecule has 27 heavy (non-hydrogen) atoms. The molecule has 0 aliphatic carbocycles. The Morgan fingerprint density at radius 3 is 2.00 bits per heavy atom. The van der Waals surface area contributed by atoms with Crippen LogP contribution in [0.25, 0.3) is 0 Å². The normalized spacial score (nSPS) is 12.8. The van der Waals surface area contributed by atoms with Crippen LogP contribution in [0, 0.1) is 0 Å². The van der Waals surface area contributed by atoms with Crippen molar-refractivity contribution in [2.24, 2.45) is 5.73 Å². The van der Waals surface area contributed by atoms with Gasteiger partial charge in [0.1, 0.15) is 5.75 Å². The van der Waals surface area contributed by atoms with Crippen LogP contribution in [-0.4, -0.2) is 22.5 Å². The molecule has 0 saturated carbocycles. The van der Waals surface area contributed by atoms with E-state index in [9.17, 15) is 26.3 Å². The molecular weight excluding hydrogens is 380 g/mol.